The van der Waals surface area contributed by atoms with Crippen molar-refractivity contribution in [3.05, 3.63) is 41.3 Å². The number of nitrogens with zero attached hydrogens (tertiary/aromatic N) is 1. The maximum atomic E-state index is 12.3. The lowest BCUT2D eigenvalue weighted by molar-refractivity contribution is -0.144. The fraction of sp³-hybridized carbons (Fsp3) is 0.235. The van der Waals surface area contributed by atoms with Crippen LogP contribution in [0, 0.1) is 0 Å². The number of carbonyl (C=O) groups is 3. The first kappa shape index (κ1) is 18.6. The van der Waals surface area contributed by atoms with E-state index in [2.05, 4.69) is 6.58 Å². The number of hydrogen-bond donors (Lipinski definition) is 1. The van der Waals surface area contributed by atoms with Crippen molar-refractivity contribution in [2.24, 2.45) is 0 Å². The number of rotatable bonds is 7. The van der Waals surface area contributed by atoms with Gasteiger partial charge in [0.2, 0.25) is 0 Å². The van der Waals surface area contributed by atoms with Gasteiger partial charge in [0, 0.05) is 12.1 Å². The lowest BCUT2D eigenvalue weighted by Crippen LogP contribution is -2.28. The lowest BCUT2D eigenvalue weighted by Gasteiger charge is -2.16. The van der Waals surface area contributed by atoms with Crippen molar-refractivity contribution < 1.29 is 29.0 Å². The molecule has 0 radical (unpaired) electrons. The third-order valence-corrected chi connectivity index (χ3v) is 4.25. The molecule has 8 heteroatoms. The van der Waals surface area contributed by atoms with Gasteiger partial charge < -0.3 is 14.6 Å². The van der Waals surface area contributed by atoms with E-state index in [-0.39, 0.29) is 22.4 Å². The van der Waals surface area contributed by atoms with Crippen LogP contribution in [0.1, 0.15) is 12.5 Å². The number of benzene rings is 1. The SMILES string of the molecule is C=CCN1C(=O)S/C(=C\c2cccc(OC)c2O[C@H](C)C(=O)O)C1=O. The van der Waals surface area contributed by atoms with Crippen molar-refractivity contribution in [1.82, 2.24) is 4.90 Å². The molecule has 0 bridgehead atoms. The van der Waals surface area contributed by atoms with E-state index in [1.165, 1.54) is 26.2 Å². The molecule has 1 N–H and O–H groups in total. The van der Waals surface area contributed by atoms with Crippen molar-refractivity contribution in [3.8, 4) is 11.5 Å². The molecule has 1 aromatic carbocycles. The van der Waals surface area contributed by atoms with E-state index >= 15 is 0 Å². The average Bonchev–Trinajstić information content (AvgIpc) is 2.84. The van der Waals surface area contributed by atoms with Crippen LogP contribution in [0.3, 0.4) is 0 Å². The van der Waals surface area contributed by atoms with Crippen LogP contribution in [-0.4, -0.2) is 46.9 Å². The molecule has 25 heavy (non-hydrogen) atoms. The van der Waals surface area contributed by atoms with Gasteiger partial charge in [-0.1, -0.05) is 18.2 Å². The molecule has 7 nitrogen and oxygen atoms in total. The number of hydrogen-bond acceptors (Lipinski definition) is 6. The minimum absolute atomic E-state index is 0.125. The van der Waals surface area contributed by atoms with Crippen LogP contribution in [0.2, 0.25) is 0 Å². The van der Waals surface area contributed by atoms with Gasteiger partial charge in [-0.05, 0) is 30.8 Å². The zero-order chi connectivity index (χ0) is 18.6. The number of carboxylic acid groups (broad SMARTS) is 1. The standard InChI is InChI=1S/C17H17NO6S/c1-4-8-18-15(19)13(25-17(18)22)9-11-6-5-7-12(23-3)14(11)24-10(2)16(20)21/h4-7,9-10H,1,8H2,2-3H3,(H,20,21)/b13-9-/t10-/m1/s1. The Balaban J connectivity index is 2.42. The number of amides is 2. The largest absolute Gasteiger partial charge is 0.493 e. The predicted octanol–water partition coefficient (Wildman–Crippen LogP) is 2.77. The first-order chi connectivity index (χ1) is 11.9. The number of para-hydroxylation sites is 1. The van der Waals surface area contributed by atoms with Crippen molar-refractivity contribution in [2.45, 2.75) is 13.0 Å². The molecular weight excluding hydrogens is 346 g/mol. The fourth-order valence-corrected chi connectivity index (χ4v) is 2.93. The molecule has 1 saturated heterocycles. The van der Waals surface area contributed by atoms with E-state index in [1.807, 2.05) is 0 Å². The molecule has 1 fully saturated rings. The number of aliphatic carboxylic acids is 1. The Morgan fingerprint density at radius 2 is 2.16 bits per heavy atom. The van der Waals surface area contributed by atoms with E-state index in [0.717, 1.165) is 16.7 Å². The molecule has 1 aliphatic heterocycles. The molecule has 0 aromatic heterocycles. The third kappa shape index (κ3) is 4.03. The van der Waals surface area contributed by atoms with Crippen LogP contribution in [0.15, 0.2) is 35.8 Å². The summed E-state index contributed by atoms with van der Waals surface area (Å²) in [7, 11) is 1.43. The smallest absolute Gasteiger partial charge is 0.344 e. The molecule has 0 spiro atoms. The summed E-state index contributed by atoms with van der Waals surface area (Å²) < 4.78 is 10.7. The summed E-state index contributed by atoms with van der Waals surface area (Å²) in [5, 5.41) is 8.66. The Bertz CT molecular complexity index is 758. The second-order valence-corrected chi connectivity index (χ2v) is 6.05. The highest BCUT2D eigenvalue weighted by atomic mass is 32.2. The summed E-state index contributed by atoms with van der Waals surface area (Å²) in [5.74, 6) is -1.05. The summed E-state index contributed by atoms with van der Waals surface area (Å²) in [6.45, 7) is 5.03. The summed E-state index contributed by atoms with van der Waals surface area (Å²) >= 11 is 0.802. The summed E-state index contributed by atoms with van der Waals surface area (Å²) in [6, 6.07) is 4.94. The maximum Gasteiger partial charge on any atom is 0.344 e. The van der Waals surface area contributed by atoms with Gasteiger partial charge in [0.15, 0.2) is 17.6 Å². The van der Waals surface area contributed by atoms with Crippen molar-refractivity contribution in [1.29, 1.82) is 0 Å². The molecule has 0 unspecified atom stereocenters. The van der Waals surface area contributed by atoms with Crippen LogP contribution in [0.5, 0.6) is 11.5 Å². The molecular formula is C17H17NO6S. The van der Waals surface area contributed by atoms with Gasteiger partial charge in [-0.3, -0.25) is 14.5 Å². The molecule has 1 aromatic rings. The van der Waals surface area contributed by atoms with E-state index in [0.29, 0.717) is 11.3 Å². The summed E-state index contributed by atoms with van der Waals surface area (Å²) in [5.41, 5.74) is 0.441. The normalized spacial score (nSPS) is 16.9. The number of carboxylic acids is 1. The Morgan fingerprint density at radius 3 is 2.76 bits per heavy atom. The van der Waals surface area contributed by atoms with Gasteiger partial charge in [0.25, 0.3) is 11.1 Å². The second-order valence-electron chi connectivity index (χ2n) is 5.06. The van der Waals surface area contributed by atoms with Crippen LogP contribution in [0.4, 0.5) is 4.79 Å². The van der Waals surface area contributed by atoms with Gasteiger partial charge in [-0.2, -0.15) is 0 Å². The fourth-order valence-electron chi connectivity index (χ4n) is 2.09. The zero-order valence-corrected chi connectivity index (χ0v) is 14.5. The highest BCUT2D eigenvalue weighted by molar-refractivity contribution is 8.18. The third-order valence-electron chi connectivity index (χ3n) is 3.34. The van der Waals surface area contributed by atoms with Crippen molar-refractivity contribution in [2.75, 3.05) is 13.7 Å². The number of thioether (sulfide) groups is 1. The van der Waals surface area contributed by atoms with Gasteiger partial charge in [-0.15, -0.1) is 6.58 Å². The van der Waals surface area contributed by atoms with Crippen LogP contribution in [0.25, 0.3) is 6.08 Å². The number of carbonyl (C=O) groups excluding carboxylic acids is 2. The molecule has 0 aliphatic carbocycles. The van der Waals surface area contributed by atoms with E-state index in [4.69, 9.17) is 14.6 Å². The van der Waals surface area contributed by atoms with Gasteiger partial charge in [0.05, 0.1) is 12.0 Å². The Labute approximate surface area is 148 Å². The van der Waals surface area contributed by atoms with Gasteiger partial charge in [0.1, 0.15) is 0 Å². The highest BCUT2D eigenvalue weighted by Gasteiger charge is 2.34. The molecule has 2 amide bonds. The summed E-state index contributed by atoms with van der Waals surface area (Å²) in [6.07, 6.45) is 1.84. The quantitative estimate of drug-likeness (QED) is 0.588. The molecule has 1 heterocycles. The van der Waals surface area contributed by atoms with Gasteiger partial charge >= 0.3 is 5.97 Å². The zero-order valence-electron chi connectivity index (χ0n) is 13.7. The minimum Gasteiger partial charge on any atom is -0.493 e. The minimum atomic E-state index is -1.14. The number of ether oxygens (including phenoxy) is 2. The number of methoxy groups -OCH3 is 1. The summed E-state index contributed by atoms with van der Waals surface area (Å²) in [4.78, 5) is 36.6. The van der Waals surface area contributed by atoms with Crippen LogP contribution >= 0.6 is 11.8 Å². The first-order valence-corrected chi connectivity index (χ1v) is 8.13. The van der Waals surface area contributed by atoms with Crippen LogP contribution < -0.4 is 9.47 Å². The monoisotopic (exact) mass is 363 g/mol. The first-order valence-electron chi connectivity index (χ1n) is 7.31. The molecule has 2 rings (SSSR count). The Hall–Kier alpha value is -2.74. The van der Waals surface area contributed by atoms with Crippen molar-refractivity contribution in [3.63, 3.8) is 0 Å². The van der Waals surface area contributed by atoms with Crippen molar-refractivity contribution >= 4 is 35.0 Å². The number of imide groups is 1. The molecule has 132 valence electrons. The van der Waals surface area contributed by atoms with Gasteiger partial charge in [-0.25, -0.2) is 4.79 Å². The molecule has 0 saturated carbocycles. The Kier molecular flexibility index (Phi) is 5.87. The van der Waals surface area contributed by atoms with E-state index in [1.54, 1.807) is 18.2 Å². The molecule has 1 aliphatic rings. The van der Waals surface area contributed by atoms with E-state index < -0.39 is 18.0 Å². The Morgan fingerprint density at radius 1 is 1.44 bits per heavy atom. The maximum absolute atomic E-state index is 12.3. The second kappa shape index (κ2) is 7.89. The highest BCUT2D eigenvalue weighted by Crippen LogP contribution is 2.37. The average molecular weight is 363 g/mol. The topological polar surface area (TPSA) is 93.1 Å². The lowest BCUT2D eigenvalue weighted by atomic mass is 10.1. The molecule has 1 atom stereocenters. The van der Waals surface area contributed by atoms with E-state index in [9.17, 15) is 14.4 Å². The van der Waals surface area contributed by atoms with Crippen LogP contribution in [-0.2, 0) is 9.59 Å². The predicted molar refractivity (Wildman–Crippen MR) is 93.6 cm³/mol.